The van der Waals surface area contributed by atoms with Crippen LogP contribution in [-0.4, -0.2) is 58.3 Å². The number of hydrogen-bond donors (Lipinski definition) is 3. The second-order valence-electron chi connectivity index (χ2n) is 17.9. The lowest BCUT2D eigenvalue weighted by atomic mass is 9.31. The lowest BCUT2D eigenvalue weighted by molar-refractivity contribution is -0.279. The normalized spacial score (nSPS) is 47.9. The first-order chi connectivity index (χ1) is 20.7. The Morgan fingerprint density at radius 2 is 1.58 bits per heavy atom. The first-order valence-corrected chi connectivity index (χ1v) is 17.4. The molecule has 0 radical (unpaired) electrons. The Bertz CT molecular complexity index is 1280. The van der Waals surface area contributed by atoms with E-state index in [2.05, 4.69) is 47.6 Å². The van der Waals surface area contributed by atoms with Gasteiger partial charge in [0.25, 0.3) is 0 Å². The number of rotatable bonds is 4. The van der Waals surface area contributed by atoms with Gasteiger partial charge in [-0.2, -0.15) is 0 Å². The van der Waals surface area contributed by atoms with Crippen LogP contribution in [0, 0.1) is 56.2 Å². The smallest absolute Gasteiger partial charge is 0.331 e. The molecule has 0 bridgehead atoms. The molecular weight excluding hydrogens is 568 g/mol. The zero-order valence-corrected chi connectivity index (χ0v) is 29.7. The molecule has 5 aliphatic carbocycles. The Morgan fingerprint density at radius 1 is 0.933 bits per heavy atom. The van der Waals surface area contributed by atoms with Gasteiger partial charge in [-0.05, 0) is 97.7 Å². The minimum absolute atomic E-state index is 0.0489. The summed E-state index contributed by atoms with van der Waals surface area (Å²) in [7, 11) is 0. The van der Waals surface area contributed by atoms with Crippen LogP contribution in [0.15, 0.2) is 23.3 Å². The highest BCUT2D eigenvalue weighted by atomic mass is 16.6. The quantitative estimate of drug-likeness (QED) is 0.188. The number of aliphatic hydroxyl groups excluding tert-OH is 3. The fourth-order valence-corrected chi connectivity index (χ4v) is 12.3. The first kappa shape index (κ1) is 34.6. The molecule has 0 aromatic rings. The van der Waals surface area contributed by atoms with E-state index in [4.69, 9.17) is 9.47 Å². The molecule has 3 N–H and O–H groups in total. The molecule has 5 aliphatic rings. The third-order valence-electron chi connectivity index (χ3n) is 14.9. The molecule has 7 heteroatoms. The van der Waals surface area contributed by atoms with Crippen LogP contribution in [0.25, 0.3) is 0 Å². The number of fused-ring (bicyclic) bond motifs is 7. The highest BCUT2D eigenvalue weighted by Crippen LogP contribution is 2.77. The van der Waals surface area contributed by atoms with Crippen molar-refractivity contribution in [1.29, 1.82) is 0 Å². The number of allylic oxidation sites excluding steroid dienone is 3. The summed E-state index contributed by atoms with van der Waals surface area (Å²) in [4.78, 5) is 25.8. The molecule has 4 saturated carbocycles. The Kier molecular flexibility index (Phi) is 8.40. The molecule has 12 atom stereocenters. The molecule has 45 heavy (non-hydrogen) atoms. The van der Waals surface area contributed by atoms with Gasteiger partial charge in [0.05, 0.1) is 24.2 Å². The van der Waals surface area contributed by atoms with E-state index >= 15 is 0 Å². The van der Waals surface area contributed by atoms with E-state index in [0.29, 0.717) is 18.3 Å². The molecule has 0 aromatic heterocycles. The highest BCUT2D eigenvalue weighted by Gasteiger charge is 2.75. The molecule has 4 fully saturated rings. The Labute approximate surface area is 271 Å². The fourth-order valence-electron chi connectivity index (χ4n) is 12.3. The van der Waals surface area contributed by atoms with E-state index in [1.165, 1.54) is 18.6 Å². The van der Waals surface area contributed by atoms with Crippen molar-refractivity contribution in [2.24, 2.45) is 56.2 Å². The van der Waals surface area contributed by atoms with Gasteiger partial charge >= 0.3 is 11.9 Å². The van der Waals surface area contributed by atoms with Crippen LogP contribution < -0.4 is 0 Å². The lowest BCUT2D eigenvalue weighted by Crippen LogP contribution is -2.74. The van der Waals surface area contributed by atoms with Crippen molar-refractivity contribution < 1.29 is 34.4 Å². The zero-order chi connectivity index (χ0) is 33.7. The third kappa shape index (κ3) is 4.59. The van der Waals surface area contributed by atoms with Gasteiger partial charge in [0.1, 0.15) is 12.2 Å². The predicted molar refractivity (Wildman–Crippen MR) is 174 cm³/mol. The number of carbonyl (C=O) groups excluding carboxylic acids is 2. The molecule has 0 aromatic carbocycles. The minimum Gasteiger partial charge on any atom is -0.458 e. The van der Waals surface area contributed by atoms with Gasteiger partial charge in [-0.3, -0.25) is 4.79 Å². The van der Waals surface area contributed by atoms with Gasteiger partial charge in [0.15, 0.2) is 0 Å². The molecule has 0 amide bonds. The molecule has 0 heterocycles. The zero-order valence-electron chi connectivity index (χ0n) is 29.7. The average molecular weight is 629 g/mol. The standard InChI is InChI=1S/C38H60O7/c1-21(2)18-29(42)45-31-32(44-23(4)40)38(20-39)25(19-33(31,5)6)24-12-13-27-35(9)16-15-28(41)34(7,8)26(35)14-17-36(27,10)37(24,11)22(3)30(38)43/h12,18,22,25-28,30-32,39,41,43H,13-17,19-20H2,1-11H3/t22-,25-,26-,27+,28-,30+,31-,32-,35-,36+,37+,38-/m0/s1. The van der Waals surface area contributed by atoms with Crippen LogP contribution in [0.4, 0.5) is 0 Å². The van der Waals surface area contributed by atoms with Crippen LogP contribution >= 0.6 is 0 Å². The summed E-state index contributed by atoms with van der Waals surface area (Å²) in [6.07, 6.45) is 5.97. The van der Waals surface area contributed by atoms with Gasteiger partial charge in [0.2, 0.25) is 0 Å². The Balaban J connectivity index is 1.66. The first-order valence-electron chi connectivity index (χ1n) is 17.4. The molecule has 7 nitrogen and oxygen atoms in total. The number of esters is 2. The van der Waals surface area contributed by atoms with Crippen molar-refractivity contribution in [3.05, 3.63) is 23.3 Å². The van der Waals surface area contributed by atoms with E-state index in [9.17, 15) is 24.9 Å². The molecule has 0 unspecified atom stereocenters. The number of carbonyl (C=O) groups is 2. The largest absolute Gasteiger partial charge is 0.458 e. The lowest BCUT2D eigenvalue weighted by Gasteiger charge is -2.74. The molecule has 5 rings (SSSR count). The maximum atomic E-state index is 13.0. The number of ether oxygens (including phenoxy) is 2. The molecule has 0 saturated heterocycles. The van der Waals surface area contributed by atoms with Gasteiger partial charge in [-0.1, -0.05) is 72.6 Å². The van der Waals surface area contributed by atoms with Gasteiger partial charge < -0.3 is 24.8 Å². The van der Waals surface area contributed by atoms with Crippen LogP contribution in [0.5, 0.6) is 0 Å². The van der Waals surface area contributed by atoms with Crippen molar-refractivity contribution in [2.45, 2.75) is 139 Å². The van der Waals surface area contributed by atoms with Crippen molar-refractivity contribution in [1.82, 2.24) is 0 Å². The Morgan fingerprint density at radius 3 is 2.16 bits per heavy atom. The van der Waals surface area contributed by atoms with Gasteiger partial charge in [-0.25, -0.2) is 4.79 Å². The van der Waals surface area contributed by atoms with Crippen molar-refractivity contribution in [3.63, 3.8) is 0 Å². The second-order valence-corrected chi connectivity index (χ2v) is 17.9. The van der Waals surface area contributed by atoms with E-state index in [1.807, 2.05) is 27.7 Å². The fraction of sp³-hybridized carbons (Fsp3) is 0.842. The van der Waals surface area contributed by atoms with E-state index in [-0.39, 0.29) is 39.6 Å². The van der Waals surface area contributed by atoms with Crippen molar-refractivity contribution >= 4 is 11.9 Å². The van der Waals surface area contributed by atoms with E-state index < -0.39 is 47.7 Å². The summed E-state index contributed by atoms with van der Waals surface area (Å²) in [5.74, 6) is -0.806. The van der Waals surface area contributed by atoms with E-state index in [0.717, 1.165) is 37.7 Å². The minimum atomic E-state index is -1.23. The summed E-state index contributed by atoms with van der Waals surface area (Å²) in [6, 6.07) is 0. The molecule has 0 spiro atoms. The van der Waals surface area contributed by atoms with Crippen molar-refractivity contribution in [2.75, 3.05) is 6.61 Å². The summed E-state index contributed by atoms with van der Waals surface area (Å²) in [5.41, 5.74) is -0.413. The predicted octanol–water partition coefficient (Wildman–Crippen LogP) is 6.39. The van der Waals surface area contributed by atoms with Crippen molar-refractivity contribution in [3.8, 4) is 0 Å². The van der Waals surface area contributed by atoms with Crippen LogP contribution in [0.3, 0.4) is 0 Å². The summed E-state index contributed by atoms with van der Waals surface area (Å²) < 4.78 is 12.2. The van der Waals surface area contributed by atoms with Gasteiger partial charge in [-0.15, -0.1) is 0 Å². The Hall–Kier alpha value is -1.70. The van der Waals surface area contributed by atoms with E-state index in [1.54, 1.807) is 0 Å². The van der Waals surface area contributed by atoms with Crippen LogP contribution in [0.1, 0.15) is 115 Å². The molecule has 254 valence electrons. The molecule has 0 aliphatic heterocycles. The highest BCUT2D eigenvalue weighted by molar-refractivity contribution is 5.83. The monoisotopic (exact) mass is 628 g/mol. The summed E-state index contributed by atoms with van der Waals surface area (Å²) in [5, 5.41) is 35.1. The average Bonchev–Trinajstić information content (AvgIpc) is 2.92. The van der Waals surface area contributed by atoms with Crippen LogP contribution in [0.2, 0.25) is 0 Å². The maximum Gasteiger partial charge on any atom is 0.331 e. The van der Waals surface area contributed by atoms with Gasteiger partial charge in [0, 0.05) is 18.4 Å². The summed E-state index contributed by atoms with van der Waals surface area (Å²) >= 11 is 0. The summed E-state index contributed by atoms with van der Waals surface area (Å²) in [6.45, 7) is 22.5. The number of hydrogen-bond acceptors (Lipinski definition) is 7. The maximum absolute atomic E-state index is 13.0. The topological polar surface area (TPSA) is 113 Å². The SMILES string of the molecule is CC(=O)O[C@H]1[C@H](OC(=O)C=C(C)C)C(C)(C)C[C@H]2C3=CC[C@@H]4[C@@]5(C)CC[C@H](O)C(C)(C)[C@@H]5CC[C@@]4(C)[C@]3(C)[C@@H](C)[C@@H](O)[C@]21CO. The third-order valence-corrected chi connectivity index (χ3v) is 14.9. The molecular formula is C38H60O7. The second kappa shape index (κ2) is 10.9. The number of aliphatic hydroxyl groups is 3. The van der Waals surface area contributed by atoms with Crippen LogP contribution in [-0.2, 0) is 19.1 Å².